The molecule has 2 heterocycles. The van der Waals surface area contributed by atoms with Gasteiger partial charge in [-0.2, -0.15) is 13.2 Å². The molecule has 1 atom stereocenters. The first-order chi connectivity index (χ1) is 10.9. The average molecular weight is 323 g/mol. The van der Waals surface area contributed by atoms with Gasteiger partial charge in [0.15, 0.2) is 0 Å². The van der Waals surface area contributed by atoms with Crippen molar-refractivity contribution in [1.82, 2.24) is 14.9 Å². The minimum atomic E-state index is -4.36. The van der Waals surface area contributed by atoms with E-state index in [4.69, 9.17) is 0 Å². The maximum atomic E-state index is 12.8. The third-order valence-corrected chi connectivity index (χ3v) is 4.64. The molecule has 1 N–H and O–H groups in total. The number of rotatable bonds is 2. The van der Waals surface area contributed by atoms with Crippen molar-refractivity contribution in [2.75, 3.05) is 13.1 Å². The molecule has 0 spiro atoms. The van der Waals surface area contributed by atoms with Gasteiger partial charge in [-0.05, 0) is 37.5 Å². The van der Waals surface area contributed by atoms with Crippen LogP contribution < -0.4 is 0 Å². The summed E-state index contributed by atoms with van der Waals surface area (Å²) >= 11 is 0. The summed E-state index contributed by atoms with van der Waals surface area (Å²) in [5.41, 5.74) is 0.235. The Bertz CT molecular complexity index is 764. The lowest BCUT2D eigenvalue weighted by molar-refractivity contribution is -0.137. The molecular formula is C16H16F3N3O. The molecule has 1 aliphatic carbocycles. The van der Waals surface area contributed by atoms with Crippen LogP contribution >= 0.6 is 0 Å². The molecule has 122 valence electrons. The minimum Gasteiger partial charge on any atom is -0.342 e. The number of nitrogens with zero attached hydrogens (tertiary/aromatic N) is 2. The summed E-state index contributed by atoms with van der Waals surface area (Å²) in [6.07, 6.45) is -1.61. The molecule has 1 amide bonds. The third-order valence-electron chi connectivity index (χ3n) is 4.64. The number of hydrogen-bond donors (Lipinski definition) is 1. The van der Waals surface area contributed by atoms with Crippen LogP contribution in [0.15, 0.2) is 18.2 Å². The van der Waals surface area contributed by atoms with E-state index < -0.39 is 11.7 Å². The molecule has 1 saturated heterocycles. The Morgan fingerprint density at radius 3 is 2.74 bits per heavy atom. The second-order valence-electron chi connectivity index (χ2n) is 6.40. The monoisotopic (exact) mass is 323 g/mol. The quantitative estimate of drug-likeness (QED) is 0.922. The van der Waals surface area contributed by atoms with Crippen LogP contribution in [0.1, 0.15) is 36.6 Å². The molecule has 4 nitrogen and oxygen atoms in total. The van der Waals surface area contributed by atoms with Crippen molar-refractivity contribution in [1.29, 1.82) is 0 Å². The number of halogens is 3. The Morgan fingerprint density at radius 2 is 2.04 bits per heavy atom. The van der Waals surface area contributed by atoms with Crippen molar-refractivity contribution in [3.8, 4) is 0 Å². The number of benzene rings is 1. The number of carbonyl (C=O) groups excluding carboxylic acids is 1. The normalized spacial score (nSPS) is 22.0. The SMILES string of the molecule is O=C(C1CC1)N1CCC(c2nc3ccc(C(F)(F)F)cc3[nH]2)C1. The third kappa shape index (κ3) is 2.68. The van der Waals surface area contributed by atoms with Crippen molar-refractivity contribution in [3.05, 3.63) is 29.6 Å². The fourth-order valence-electron chi connectivity index (χ4n) is 3.17. The summed E-state index contributed by atoms with van der Waals surface area (Å²) in [6, 6.07) is 3.53. The Balaban J connectivity index is 1.56. The van der Waals surface area contributed by atoms with Crippen LogP contribution in [0, 0.1) is 5.92 Å². The summed E-state index contributed by atoms with van der Waals surface area (Å²) in [7, 11) is 0. The van der Waals surface area contributed by atoms with Gasteiger partial charge in [0.05, 0.1) is 16.6 Å². The molecule has 1 aromatic heterocycles. The summed E-state index contributed by atoms with van der Waals surface area (Å²) < 4.78 is 38.3. The van der Waals surface area contributed by atoms with Crippen LogP contribution in [0.5, 0.6) is 0 Å². The van der Waals surface area contributed by atoms with Gasteiger partial charge in [-0.3, -0.25) is 4.79 Å². The molecular weight excluding hydrogens is 307 g/mol. The highest BCUT2D eigenvalue weighted by Gasteiger charge is 2.37. The van der Waals surface area contributed by atoms with E-state index >= 15 is 0 Å². The zero-order valence-electron chi connectivity index (χ0n) is 12.4. The fourth-order valence-corrected chi connectivity index (χ4v) is 3.17. The minimum absolute atomic E-state index is 0.0689. The number of fused-ring (bicyclic) bond motifs is 1. The van der Waals surface area contributed by atoms with Crippen molar-refractivity contribution in [3.63, 3.8) is 0 Å². The highest BCUT2D eigenvalue weighted by atomic mass is 19.4. The lowest BCUT2D eigenvalue weighted by Gasteiger charge is -2.15. The van der Waals surface area contributed by atoms with E-state index in [2.05, 4.69) is 9.97 Å². The second kappa shape index (κ2) is 4.97. The van der Waals surface area contributed by atoms with Gasteiger partial charge in [-0.25, -0.2) is 4.98 Å². The smallest absolute Gasteiger partial charge is 0.342 e. The molecule has 1 saturated carbocycles. The number of alkyl halides is 3. The van der Waals surface area contributed by atoms with E-state index in [0.29, 0.717) is 29.9 Å². The Kier molecular flexibility index (Phi) is 3.14. The molecule has 1 aliphatic heterocycles. The van der Waals surface area contributed by atoms with Gasteiger partial charge in [0.1, 0.15) is 5.82 Å². The van der Waals surface area contributed by atoms with Crippen molar-refractivity contribution >= 4 is 16.9 Å². The molecule has 23 heavy (non-hydrogen) atoms. The average Bonchev–Trinajstić information content (AvgIpc) is 3.08. The van der Waals surface area contributed by atoms with Gasteiger partial charge in [0.2, 0.25) is 5.91 Å². The molecule has 4 rings (SSSR count). The molecule has 0 radical (unpaired) electrons. The fraction of sp³-hybridized carbons (Fsp3) is 0.500. The van der Waals surface area contributed by atoms with Crippen LogP contribution in [0.2, 0.25) is 0 Å². The summed E-state index contributed by atoms with van der Waals surface area (Å²) in [6.45, 7) is 1.30. The number of aromatic amines is 1. The molecule has 7 heteroatoms. The van der Waals surface area contributed by atoms with E-state index in [9.17, 15) is 18.0 Å². The summed E-state index contributed by atoms with van der Waals surface area (Å²) in [5, 5.41) is 0. The molecule has 1 unspecified atom stereocenters. The van der Waals surface area contributed by atoms with Gasteiger partial charge in [-0.15, -0.1) is 0 Å². The number of H-pyrrole nitrogens is 1. The number of hydrogen-bond acceptors (Lipinski definition) is 2. The number of amides is 1. The van der Waals surface area contributed by atoms with Crippen molar-refractivity contribution < 1.29 is 18.0 Å². The Hall–Kier alpha value is -2.05. The van der Waals surface area contributed by atoms with E-state index in [1.807, 2.05) is 4.90 Å². The van der Waals surface area contributed by atoms with Gasteiger partial charge in [0.25, 0.3) is 0 Å². The lowest BCUT2D eigenvalue weighted by Crippen LogP contribution is -2.29. The molecule has 0 bridgehead atoms. The molecule has 1 aromatic carbocycles. The number of carbonyl (C=O) groups is 1. The molecule has 2 aliphatic rings. The topological polar surface area (TPSA) is 49.0 Å². The predicted octanol–water partition coefficient (Wildman–Crippen LogP) is 3.31. The van der Waals surface area contributed by atoms with Gasteiger partial charge < -0.3 is 9.88 Å². The second-order valence-corrected chi connectivity index (χ2v) is 6.40. The number of imidazole rings is 1. The summed E-state index contributed by atoms with van der Waals surface area (Å²) in [4.78, 5) is 21.4. The predicted molar refractivity (Wildman–Crippen MR) is 77.8 cm³/mol. The van der Waals surface area contributed by atoms with Crippen LogP contribution in [-0.4, -0.2) is 33.9 Å². The van der Waals surface area contributed by atoms with Crippen LogP contribution in [0.4, 0.5) is 13.2 Å². The highest BCUT2D eigenvalue weighted by Crippen LogP contribution is 2.35. The largest absolute Gasteiger partial charge is 0.416 e. The zero-order valence-corrected chi connectivity index (χ0v) is 12.4. The van der Waals surface area contributed by atoms with Gasteiger partial charge in [0, 0.05) is 24.9 Å². The van der Waals surface area contributed by atoms with Crippen molar-refractivity contribution in [2.45, 2.75) is 31.4 Å². The molecule has 2 aromatic rings. The van der Waals surface area contributed by atoms with Gasteiger partial charge in [-0.1, -0.05) is 0 Å². The maximum Gasteiger partial charge on any atom is 0.416 e. The number of aromatic nitrogens is 2. The van der Waals surface area contributed by atoms with Crippen LogP contribution in [-0.2, 0) is 11.0 Å². The first-order valence-corrected chi connectivity index (χ1v) is 7.77. The van der Waals surface area contributed by atoms with E-state index in [-0.39, 0.29) is 17.7 Å². The first kappa shape index (κ1) is 14.5. The summed E-state index contributed by atoms with van der Waals surface area (Å²) in [5.74, 6) is 1.14. The standard InChI is InChI=1S/C16H16F3N3O/c17-16(18,19)11-3-4-12-13(7-11)21-14(20-12)10-5-6-22(8-10)15(23)9-1-2-9/h3-4,7,9-10H,1-2,5-6,8H2,(H,20,21). The Labute approximate surface area is 130 Å². The van der Waals surface area contributed by atoms with Gasteiger partial charge >= 0.3 is 6.18 Å². The molecule has 2 fully saturated rings. The highest BCUT2D eigenvalue weighted by molar-refractivity contribution is 5.81. The lowest BCUT2D eigenvalue weighted by atomic mass is 10.1. The first-order valence-electron chi connectivity index (χ1n) is 7.77. The zero-order chi connectivity index (χ0) is 16.2. The number of likely N-dealkylation sites (tertiary alicyclic amines) is 1. The van der Waals surface area contributed by atoms with Crippen molar-refractivity contribution in [2.24, 2.45) is 5.92 Å². The Morgan fingerprint density at radius 1 is 1.26 bits per heavy atom. The maximum absolute atomic E-state index is 12.8. The van der Waals surface area contributed by atoms with E-state index in [1.165, 1.54) is 6.07 Å². The van der Waals surface area contributed by atoms with Crippen LogP contribution in [0.3, 0.4) is 0 Å². The van der Waals surface area contributed by atoms with Crippen LogP contribution in [0.25, 0.3) is 11.0 Å². The van der Waals surface area contributed by atoms with E-state index in [1.54, 1.807) is 0 Å². The van der Waals surface area contributed by atoms with E-state index in [0.717, 1.165) is 31.4 Å². The number of nitrogens with one attached hydrogen (secondary N) is 1.